The Bertz CT molecular complexity index is 470. The van der Waals surface area contributed by atoms with Crippen molar-refractivity contribution in [3.63, 3.8) is 0 Å². The zero-order valence-corrected chi connectivity index (χ0v) is 11.1. The maximum absolute atomic E-state index is 9.29. The molecule has 2 N–H and O–H groups in total. The minimum atomic E-state index is -0.169. The highest BCUT2D eigenvalue weighted by molar-refractivity contribution is 5.60. The minimum absolute atomic E-state index is 0.0101. The normalized spacial score (nSPS) is 19.2. The van der Waals surface area contributed by atoms with E-state index in [9.17, 15) is 10.4 Å². The monoisotopic (exact) mass is 261 g/mol. The summed E-state index contributed by atoms with van der Waals surface area (Å²) in [5, 5.41) is 21.5. The number of aliphatic hydroxyl groups is 1. The minimum Gasteiger partial charge on any atom is -0.394 e. The van der Waals surface area contributed by atoms with Crippen LogP contribution in [0.2, 0.25) is 0 Å². The van der Waals surface area contributed by atoms with Crippen LogP contribution >= 0.6 is 0 Å². The number of rotatable bonds is 4. The lowest BCUT2D eigenvalue weighted by atomic mass is 10.1. The van der Waals surface area contributed by atoms with E-state index in [1.54, 1.807) is 0 Å². The van der Waals surface area contributed by atoms with E-state index >= 15 is 0 Å². The fourth-order valence-corrected chi connectivity index (χ4v) is 2.31. The van der Waals surface area contributed by atoms with Gasteiger partial charge in [0.15, 0.2) is 0 Å². The zero-order valence-electron chi connectivity index (χ0n) is 11.1. The van der Waals surface area contributed by atoms with E-state index in [1.165, 1.54) is 0 Å². The first-order valence-corrected chi connectivity index (χ1v) is 6.43. The second-order valence-corrected chi connectivity index (χ2v) is 4.62. The lowest BCUT2D eigenvalue weighted by Crippen LogP contribution is -2.44. The smallest absolute Gasteiger partial charge is 0.101 e. The molecule has 1 aliphatic rings. The quantitative estimate of drug-likeness (QED) is 0.825. The Labute approximate surface area is 113 Å². The summed E-state index contributed by atoms with van der Waals surface area (Å²) >= 11 is 0. The van der Waals surface area contributed by atoms with Crippen LogP contribution in [0.25, 0.3) is 0 Å². The molecular formula is C14H19N3O2. The second-order valence-electron chi connectivity index (χ2n) is 4.62. The summed E-state index contributed by atoms with van der Waals surface area (Å²) in [5.41, 5.74) is 2.69. The molecule has 1 heterocycles. The molecule has 19 heavy (non-hydrogen) atoms. The first-order valence-electron chi connectivity index (χ1n) is 6.43. The summed E-state index contributed by atoms with van der Waals surface area (Å²) < 4.78 is 5.43. The molecule has 1 aromatic rings. The van der Waals surface area contributed by atoms with Crippen LogP contribution in [0.5, 0.6) is 0 Å². The molecule has 1 atom stereocenters. The fourth-order valence-electron chi connectivity index (χ4n) is 2.31. The number of nitriles is 1. The molecule has 0 radical (unpaired) electrons. The molecule has 1 saturated heterocycles. The molecule has 2 rings (SSSR count). The van der Waals surface area contributed by atoms with E-state index in [4.69, 9.17) is 4.74 Å². The number of aliphatic hydroxyl groups excluding tert-OH is 1. The Morgan fingerprint density at radius 2 is 2.42 bits per heavy atom. The van der Waals surface area contributed by atoms with Gasteiger partial charge in [-0.3, -0.25) is 0 Å². The molecule has 1 aliphatic heterocycles. The highest BCUT2D eigenvalue weighted by atomic mass is 16.5. The SMILES string of the molecule is CNCc1ccc(N2CCOC(CO)C2)c(C#N)c1. The van der Waals surface area contributed by atoms with Crippen molar-refractivity contribution in [2.45, 2.75) is 12.6 Å². The van der Waals surface area contributed by atoms with E-state index in [0.29, 0.717) is 18.7 Å². The van der Waals surface area contributed by atoms with Crippen molar-refractivity contribution in [3.05, 3.63) is 29.3 Å². The highest BCUT2D eigenvalue weighted by Gasteiger charge is 2.21. The molecule has 1 unspecified atom stereocenters. The van der Waals surface area contributed by atoms with Crippen LogP contribution in [0.1, 0.15) is 11.1 Å². The summed E-state index contributed by atoms with van der Waals surface area (Å²) in [7, 11) is 1.88. The molecule has 5 heteroatoms. The van der Waals surface area contributed by atoms with Gasteiger partial charge < -0.3 is 20.1 Å². The van der Waals surface area contributed by atoms with E-state index in [0.717, 1.165) is 24.3 Å². The highest BCUT2D eigenvalue weighted by Crippen LogP contribution is 2.23. The molecule has 0 spiro atoms. The Balaban J connectivity index is 2.21. The topological polar surface area (TPSA) is 68.5 Å². The number of nitrogens with one attached hydrogen (secondary N) is 1. The third-order valence-electron chi connectivity index (χ3n) is 3.25. The molecule has 1 fully saturated rings. The molecular weight excluding hydrogens is 242 g/mol. The summed E-state index contributed by atoms with van der Waals surface area (Å²) in [5.74, 6) is 0. The van der Waals surface area contributed by atoms with Crippen LogP contribution in [0.4, 0.5) is 5.69 Å². The van der Waals surface area contributed by atoms with Crippen LogP contribution in [0, 0.1) is 11.3 Å². The van der Waals surface area contributed by atoms with E-state index < -0.39 is 0 Å². The predicted molar refractivity (Wildman–Crippen MR) is 73.0 cm³/mol. The number of nitrogens with zero attached hydrogens (tertiary/aromatic N) is 2. The van der Waals surface area contributed by atoms with E-state index in [1.807, 2.05) is 25.2 Å². The molecule has 0 saturated carbocycles. The average molecular weight is 261 g/mol. The van der Waals surface area contributed by atoms with Crippen molar-refractivity contribution >= 4 is 5.69 Å². The Morgan fingerprint density at radius 3 is 3.11 bits per heavy atom. The van der Waals surface area contributed by atoms with Crippen LogP contribution in [0.3, 0.4) is 0 Å². The number of hydrogen-bond donors (Lipinski definition) is 2. The van der Waals surface area contributed by atoms with Gasteiger partial charge in [-0.2, -0.15) is 5.26 Å². The van der Waals surface area contributed by atoms with Crippen molar-refractivity contribution in [1.29, 1.82) is 5.26 Å². The summed E-state index contributed by atoms with van der Waals surface area (Å²) in [6.07, 6.45) is -0.169. The summed E-state index contributed by atoms with van der Waals surface area (Å²) in [6.45, 7) is 2.70. The van der Waals surface area contributed by atoms with Crippen LogP contribution in [-0.4, -0.2) is 44.6 Å². The van der Waals surface area contributed by atoms with Crippen molar-refractivity contribution in [2.24, 2.45) is 0 Å². The fraction of sp³-hybridized carbons (Fsp3) is 0.500. The summed E-state index contributed by atoms with van der Waals surface area (Å²) in [6, 6.07) is 8.16. The van der Waals surface area contributed by atoms with Crippen LogP contribution < -0.4 is 10.2 Å². The Kier molecular flexibility index (Phi) is 4.74. The van der Waals surface area contributed by atoms with Gasteiger partial charge in [-0.1, -0.05) is 6.07 Å². The van der Waals surface area contributed by atoms with Crippen molar-refractivity contribution in [2.75, 3.05) is 38.3 Å². The van der Waals surface area contributed by atoms with Crippen molar-refractivity contribution < 1.29 is 9.84 Å². The first-order chi connectivity index (χ1) is 9.28. The van der Waals surface area contributed by atoms with Crippen molar-refractivity contribution in [1.82, 2.24) is 5.32 Å². The van der Waals surface area contributed by atoms with E-state index in [2.05, 4.69) is 16.3 Å². The van der Waals surface area contributed by atoms with Crippen molar-refractivity contribution in [3.8, 4) is 6.07 Å². The molecule has 1 aromatic carbocycles. The maximum atomic E-state index is 9.29. The van der Waals surface area contributed by atoms with Gasteiger partial charge in [-0.15, -0.1) is 0 Å². The third-order valence-corrected chi connectivity index (χ3v) is 3.25. The number of ether oxygens (including phenoxy) is 1. The molecule has 0 aromatic heterocycles. The van der Waals surface area contributed by atoms with Gasteiger partial charge in [0, 0.05) is 19.6 Å². The predicted octanol–water partition coefficient (Wildman–Crippen LogP) is 0.475. The molecule has 5 nitrogen and oxygen atoms in total. The second kappa shape index (κ2) is 6.53. The van der Waals surface area contributed by atoms with E-state index in [-0.39, 0.29) is 12.7 Å². The number of anilines is 1. The summed E-state index contributed by atoms with van der Waals surface area (Å²) in [4.78, 5) is 2.10. The molecule has 0 aliphatic carbocycles. The van der Waals surface area contributed by atoms with Gasteiger partial charge in [0.05, 0.1) is 30.6 Å². The Hall–Kier alpha value is -1.61. The molecule has 0 bridgehead atoms. The lowest BCUT2D eigenvalue weighted by molar-refractivity contribution is 0.00355. The zero-order chi connectivity index (χ0) is 13.7. The average Bonchev–Trinajstić information content (AvgIpc) is 2.47. The van der Waals surface area contributed by atoms with Gasteiger partial charge in [0.25, 0.3) is 0 Å². The van der Waals surface area contributed by atoms with Crippen LogP contribution in [-0.2, 0) is 11.3 Å². The largest absolute Gasteiger partial charge is 0.394 e. The van der Waals surface area contributed by atoms with Gasteiger partial charge in [-0.05, 0) is 24.7 Å². The number of morpholine rings is 1. The lowest BCUT2D eigenvalue weighted by Gasteiger charge is -2.34. The third kappa shape index (κ3) is 3.24. The standard InChI is InChI=1S/C14H19N3O2/c1-16-8-11-2-3-14(12(6-11)7-15)17-4-5-19-13(9-17)10-18/h2-3,6,13,16,18H,4-5,8-10H2,1H3. The van der Waals surface area contributed by atoms with Gasteiger partial charge in [0.1, 0.15) is 6.07 Å². The Morgan fingerprint density at radius 1 is 1.58 bits per heavy atom. The van der Waals surface area contributed by atoms with Gasteiger partial charge in [-0.25, -0.2) is 0 Å². The van der Waals surface area contributed by atoms with Gasteiger partial charge >= 0.3 is 0 Å². The first kappa shape index (κ1) is 13.8. The van der Waals surface area contributed by atoms with Crippen LogP contribution in [0.15, 0.2) is 18.2 Å². The van der Waals surface area contributed by atoms with Gasteiger partial charge in [0.2, 0.25) is 0 Å². The number of benzene rings is 1. The number of hydrogen-bond acceptors (Lipinski definition) is 5. The molecule has 102 valence electrons. The molecule has 0 amide bonds. The maximum Gasteiger partial charge on any atom is 0.101 e.